The minimum absolute atomic E-state index is 0.00873. The first-order valence-electron chi connectivity index (χ1n) is 8.11. The first kappa shape index (κ1) is 17.1. The zero-order valence-electron chi connectivity index (χ0n) is 14.2. The predicted octanol–water partition coefficient (Wildman–Crippen LogP) is 3.28. The molecule has 0 aliphatic heterocycles. The van der Waals surface area contributed by atoms with Gasteiger partial charge < -0.3 is 15.8 Å². The Morgan fingerprint density at radius 3 is 2.75 bits per heavy atom. The van der Waals surface area contributed by atoms with E-state index in [9.17, 15) is 4.79 Å². The largest absolute Gasteiger partial charge is 0.378 e. The zero-order chi connectivity index (χ0) is 17.4. The lowest BCUT2D eigenvalue weighted by Gasteiger charge is -2.57. The maximum absolute atomic E-state index is 12.7. The van der Waals surface area contributed by atoms with Gasteiger partial charge in [0.2, 0.25) is 5.91 Å². The summed E-state index contributed by atoms with van der Waals surface area (Å²) < 4.78 is 5.68. The molecule has 1 heterocycles. The van der Waals surface area contributed by atoms with E-state index in [1.165, 1.54) is 11.3 Å². The first-order valence-corrected chi connectivity index (χ1v) is 8.99. The molecule has 1 aromatic heterocycles. The van der Waals surface area contributed by atoms with Crippen LogP contribution in [0.1, 0.15) is 27.2 Å². The molecule has 2 atom stereocenters. The maximum atomic E-state index is 12.7. The van der Waals surface area contributed by atoms with Crippen molar-refractivity contribution in [2.45, 2.75) is 38.8 Å². The van der Waals surface area contributed by atoms with Crippen LogP contribution in [0.15, 0.2) is 35.7 Å². The zero-order valence-corrected chi connectivity index (χ0v) is 15.0. The van der Waals surface area contributed by atoms with Crippen LogP contribution in [0.25, 0.3) is 11.3 Å². The van der Waals surface area contributed by atoms with Gasteiger partial charge in [0.1, 0.15) is 5.54 Å². The van der Waals surface area contributed by atoms with Crippen molar-refractivity contribution in [3.05, 3.63) is 35.7 Å². The lowest BCUT2D eigenvalue weighted by molar-refractivity contribution is -0.166. The summed E-state index contributed by atoms with van der Waals surface area (Å²) in [4.78, 5) is 17.2. The number of benzene rings is 1. The minimum Gasteiger partial charge on any atom is -0.378 e. The van der Waals surface area contributed by atoms with Gasteiger partial charge in [-0.3, -0.25) is 4.79 Å². The number of ether oxygens (including phenoxy) is 1. The first-order chi connectivity index (χ1) is 11.4. The quantitative estimate of drug-likeness (QED) is 0.872. The van der Waals surface area contributed by atoms with E-state index in [1.807, 2.05) is 56.5 Å². The molecule has 0 spiro atoms. The molecule has 0 saturated heterocycles. The molecule has 1 fully saturated rings. The number of rotatable bonds is 5. The van der Waals surface area contributed by atoms with Gasteiger partial charge in [0.25, 0.3) is 0 Å². The fourth-order valence-corrected chi connectivity index (χ4v) is 3.82. The number of thiazole rings is 1. The number of hydrogen-bond donors (Lipinski definition) is 2. The van der Waals surface area contributed by atoms with Crippen molar-refractivity contribution in [1.82, 2.24) is 4.98 Å². The lowest BCUT2D eigenvalue weighted by Crippen LogP contribution is -2.74. The number of nitrogens with one attached hydrogen (secondary N) is 1. The second kappa shape index (κ2) is 6.27. The molecular weight excluding hydrogens is 322 g/mol. The van der Waals surface area contributed by atoms with Crippen LogP contribution < -0.4 is 11.1 Å². The molecule has 0 radical (unpaired) electrons. The Kier molecular flexibility index (Phi) is 4.46. The standard InChI is InChI=1S/C18H23N3O2S/c1-4-23-14-10-18(19,17(14,2)3)15(22)21-16-20-13(11-24-16)12-8-6-5-7-9-12/h5-9,11,14H,4,10,19H2,1-3H3,(H,20,21,22). The molecule has 1 aliphatic carbocycles. The average molecular weight is 345 g/mol. The normalized spacial score (nSPS) is 25.1. The minimum atomic E-state index is -0.939. The lowest BCUT2D eigenvalue weighted by atomic mass is 9.54. The summed E-state index contributed by atoms with van der Waals surface area (Å²) in [6.45, 7) is 6.54. The van der Waals surface area contributed by atoms with Gasteiger partial charge in [-0.05, 0) is 6.92 Å². The molecule has 3 rings (SSSR count). The molecule has 1 amide bonds. The Labute approximate surface area is 146 Å². The molecule has 2 unspecified atom stereocenters. The van der Waals surface area contributed by atoms with Crippen LogP contribution in [0.3, 0.4) is 0 Å². The van der Waals surface area contributed by atoms with E-state index in [-0.39, 0.29) is 12.0 Å². The Bertz CT molecular complexity index is 729. The third-order valence-electron chi connectivity index (χ3n) is 5.03. The molecule has 3 N–H and O–H groups in total. The molecule has 1 saturated carbocycles. The molecule has 1 aliphatic rings. The smallest absolute Gasteiger partial charge is 0.246 e. The third kappa shape index (κ3) is 2.75. The number of nitrogens with two attached hydrogens (primary N) is 1. The second-order valence-electron chi connectivity index (χ2n) is 6.70. The van der Waals surface area contributed by atoms with Crippen LogP contribution in [0.2, 0.25) is 0 Å². The van der Waals surface area contributed by atoms with Gasteiger partial charge >= 0.3 is 0 Å². The van der Waals surface area contributed by atoms with Crippen LogP contribution in [0, 0.1) is 5.41 Å². The molecule has 128 valence electrons. The molecule has 2 aromatic rings. The highest BCUT2D eigenvalue weighted by atomic mass is 32.1. The van der Waals surface area contributed by atoms with Gasteiger partial charge in [-0.2, -0.15) is 0 Å². The fraction of sp³-hybridized carbons (Fsp3) is 0.444. The van der Waals surface area contributed by atoms with Crippen molar-refractivity contribution in [1.29, 1.82) is 0 Å². The Morgan fingerprint density at radius 2 is 2.12 bits per heavy atom. The number of aromatic nitrogens is 1. The van der Waals surface area contributed by atoms with Crippen molar-refractivity contribution in [3.8, 4) is 11.3 Å². The van der Waals surface area contributed by atoms with Crippen molar-refractivity contribution in [2.75, 3.05) is 11.9 Å². The highest BCUT2D eigenvalue weighted by Crippen LogP contribution is 2.50. The summed E-state index contributed by atoms with van der Waals surface area (Å²) in [5.74, 6) is -0.197. The van der Waals surface area contributed by atoms with Gasteiger partial charge in [-0.25, -0.2) is 4.98 Å². The summed E-state index contributed by atoms with van der Waals surface area (Å²) in [6.07, 6.45) is 0.533. The van der Waals surface area contributed by atoms with Crippen molar-refractivity contribution in [2.24, 2.45) is 11.1 Å². The van der Waals surface area contributed by atoms with E-state index in [0.29, 0.717) is 18.2 Å². The van der Waals surface area contributed by atoms with E-state index in [2.05, 4.69) is 10.3 Å². The van der Waals surface area contributed by atoms with Crippen LogP contribution >= 0.6 is 11.3 Å². The molecule has 1 aromatic carbocycles. The van der Waals surface area contributed by atoms with Crippen LogP contribution in [-0.4, -0.2) is 29.1 Å². The third-order valence-corrected chi connectivity index (χ3v) is 5.79. The average Bonchev–Trinajstić information content (AvgIpc) is 3.03. The van der Waals surface area contributed by atoms with Crippen molar-refractivity contribution >= 4 is 22.4 Å². The Hall–Kier alpha value is -1.76. The van der Waals surface area contributed by atoms with Gasteiger partial charge in [0.05, 0.1) is 11.8 Å². The number of carbonyl (C=O) groups excluding carboxylic acids is 1. The number of amides is 1. The number of nitrogens with zero attached hydrogens (tertiary/aromatic N) is 1. The topological polar surface area (TPSA) is 77.2 Å². The van der Waals surface area contributed by atoms with Crippen LogP contribution in [0.4, 0.5) is 5.13 Å². The highest BCUT2D eigenvalue weighted by molar-refractivity contribution is 7.14. The number of hydrogen-bond acceptors (Lipinski definition) is 5. The van der Waals surface area contributed by atoms with Crippen LogP contribution in [-0.2, 0) is 9.53 Å². The van der Waals surface area contributed by atoms with Crippen LogP contribution in [0.5, 0.6) is 0 Å². The summed E-state index contributed by atoms with van der Waals surface area (Å²) in [5.41, 5.74) is 6.92. The number of anilines is 1. The summed E-state index contributed by atoms with van der Waals surface area (Å²) in [5, 5.41) is 5.38. The Morgan fingerprint density at radius 1 is 1.42 bits per heavy atom. The predicted molar refractivity (Wildman–Crippen MR) is 96.9 cm³/mol. The van der Waals surface area contributed by atoms with Gasteiger partial charge in [0.15, 0.2) is 5.13 Å². The van der Waals surface area contributed by atoms with E-state index >= 15 is 0 Å². The van der Waals surface area contributed by atoms with E-state index < -0.39 is 11.0 Å². The molecule has 0 bridgehead atoms. The van der Waals surface area contributed by atoms with E-state index in [4.69, 9.17) is 10.5 Å². The monoisotopic (exact) mass is 345 g/mol. The van der Waals surface area contributed by atoms with Gasteiger partial charge in [0, 0.05) is 29.4 Å². The van der Waals surface area contributed by atoms with Crippen molar-refractivity contribution in [3.63, 3.8) is 0 Å². The van der Waals surface area contributed by atoms with Gasteiger partial charge in [-0.1, -0.05) is 44.2 Å². The number of carbonyl (C=O) groups is 1. The molecule has 6 heteroatoms. The maximum Gasteiger partial charge on any atom is 0.246 e. The molecular formula is C18H23N3O2S. The Balaban J connectivity index is 1.71. The SMILES string of the molecule is CCOC1CC(N)(C(=O)Nc2nc(-c3ccccc3)cs2)C1(C)C. The summed E-state index contributed by atoms with van der Waals surface area (Å²) in [6, 6.07) is 9.88. The summed E-state index contributed by atoms with van der Waals surface area (Å²) in [7, 11) is 0. The molecule has 5 nitrogen and oxygen atoms in total. The highest BCUT2D eigenvalue weighted by Gasteiger charge is 2.62. The second-order valence-corrected chi connectivity index (χ2v) is 7.56. The van der Waals surface area contributed by atoms with E-state index in [1.54, 1.807) is 0 Å². The van der Waals surface area contributed by atoms with Gasteiger partial charge in [-0.15, -0.1) is 11.3 Å². The van der Waals surface area contributed by atoms with Crippen molar-refractivity contribution < 1.29 is 9.53 Å². The van der Waals surface area contributed by atoms with E-state index in [0.717, 1.165) is 11.3 Å². The molecule has 24 heavy (non-hydrogen) atoms. The fourth-order valence-electron chi connectivity index (χ4n) is 3.10. The summed E-state index contributed by atoms with van der Waals surface area (Å²) >= 11 is 1.40.